The summed E-state index contributed by atoms with van der Waals surface area (Å²) in [5, 5.41) is 3.28. The minimum Gasteiger partial charge on any atom is -0.307 e. The van der Waals surface area contributed by atoms with E-state index in [-0.39, 0.29) is 0 Å². The Kier molecular flexibility index (Phi) is 3.63. The lowest BCUT2D eigenvalue weighted by atomic mass is 10.3. The minimum absolute atomic E-state index is 0.801. The molecule has 5 heteroatoms. The van der Waals surface area contributed by atoms with Gasteiger partial charge in [0.2, 0.25) is 0 Å². The van der Waals surface area contributed by atoms with Crippen LogP contribution in [0.25, 0.3) is 0 Å². The zero-order chi connectivity index (χ0) is 12.4. The first kappa shape index (κ1) is 12.1. The van der Waals surface area contributed by atoms with Crippen LogP contribution in [0.1, 0.15) is 17.1 Å². The standard InChI is InChI=1S/C13H12BrN3S/c14-10-3-1-2-4-12(10)18-8-13-16-6-9-5-15-7-11(9)17-13/h1-4,6,15H,5,7-8H2. The van der Waals surface area contributed by atoms with E-state index in [1.54, 1.807) is 11.8 Å². The van der Waals surface area contributed by atoms with E-state index in [1.165, 1.54) is 10.5 Å². The van der Waals surface area contributed by atoms with E-state index in [9.17, 15) is 0 Å². The van der Waals surface area contributed by atoms with E-state index in [0.29, 0.717) is 0 Å². The van der Waals surface area contributed by atoms with Crippen molar-refractivity contribution in [3.63, 3.8) is 0 Å². The maximum atomic E-state index is 4.59. The van der Waals surface area contributed by atoms with Gasteiger partial charge in [-0.25, -0.2) is 9.97 Å². The predicted molar refractivity (Wildman–Crippen MR) is 76.3 cm³/mol. The van der Waals surface area contributed by atoms with E-state index in [1.807, 2.05) is 18.3 Å². The molecule has 0 bridgehead atoms. The smallest absolute Gasteiger partial charge is 0.138 e. The van der Waals surface area contributed by atoms with E-state index < -0.39 is 0 Å². The van der Waals surface area contributed by atoms with Crippen LogP contribution in [-0.2, 0) is 18.8 Å². The van der Waals surface area contributed by atoms with Crippen LogP contribution >= 0.6 is 27.7 Å². The second-order valence-electron chi connectivity index (χ2n) is 4.08. The summed E-state index contributed by atoms with van der Waals surface area (Å²) in [4.78, 5) is 10.2. The summed E-state index contributed by atoms with van der Waals surface area (Å²) in [5.74, 6) is 1.70. The van der Waals surface area contributed by atoms with Crippen LogP contribution < -0.4 is 5.32 Å². The summed E-state index contributed by atoms with van der Waals surface area (Å²) in [6.45, 7) is 1.76. The van der Waals surface area contributed by atoms with Gasteiger partial charge in [0.25, 0.3) is 0 Å². The zero-order valence-electron chi connectivity index (χ0n) is 9.69. The third kappa shape index (κ3) is 2.58. The maximum absolute atomic E-state index is 4.59. The van der Waals surface area contributed by atoms with Gasteiger partial charge in [0.1, 0.15) is 5.82 Å². The minimum atomic E-state index is 0.801. The molecule has 1 N–H and O–H groups in total. The number of thioether (sulfide) groups is 1. The Labute approximate surface area is 119 Å². The predicted octanol–water partition coefficient (Wildman–Crippen LogP) is 3.13. The Morgan fingerprint density at radius 3 is 3.06 bits per heavy atom. The SMILES string of the molecule is Brc1ccccc1SCc1ncc2c(n1)CNC2. The molecule has 3 rings (SSSR count). The van der Waals surface area contributed by atoms with Gasteiger partial charge in [-0.3, -0.25) is 0 Å². The molecule has 0 saturated heterocycles. The molecule has 1 aliphatic rings. The molecule has 1 aliphatic heterocycles. The van der Waals surface area contributed by atoms with Crippen LogP contribution in [0.3, 0.4) is 0 Å². The van der Waals surface area contributed by atoms with Crippen molar-refractivity contribution in [1.29, 1.82) is 0 Å². The second-order valence-corrected chi connectivity index (χ2v) is 5.95. The van der Waals surface area contributed by atoms with Crippen molar-refractivity contribution in [2.75, 3.05) is 0 Å². The number of hydrogen-bond acceptors (Lipinski definition) is 4. The first-order valence-corrected chi connectivity index (χ1v) is 7.52. The number of benzene rings is 1. The number of rotatable bonds is 3. The average Bonchev–Trinajstić information content (AvgIpc) is 2.85. The fourth-order valence-electron chi connectivity index (χ4n) is 1.87. The maximum Gasteiger partial charge on any atom is 0.138 e. The summed E-state index contributed by atoms with van der Waals surface area (Å²) < 4.78 is 1.12. The number of hydrogen-bond donors (Lipinski definition) is 1. The number of fused-ring (bicyclic) bond motifs is 1. The number of nitrogens with one attached hydrogen (secondary N) is 1. The van der Waals surface area contributed by atoms with E-state index >= 15 is 0 Å². The molecule has 2 heterocycles. The van der Waals surface area contributed by atoms with Gasteiger partial charge in [-0.1, -0.05) is 12.1 Å². The van der Waals surface area contributed by atoms with Crippen molar-refractivity contribution >= 4 is 27.7 Å². The average molecular weight is 322 g/mol. The molecule has 0 aliphatic carbocycles. The molecule has 0 radical (unpaired) electrons. The van der Waals surface area contributed by atoms with Crippen LogP contribution in [0, 0.1) is 0 Å². The van der Waals surface area contributed by atoms with E-state index in [2.05, 4.69) is 43.3 Å². The first-order chi connectivity index (χ1) is 8.83. The van der Waals surface area contributed by atoms with Crippen LogP contribution in [0.2, 0.25) is 0 Å². The first-order valence-electron chi connectivity index (χ1n) is 5.74. The highest BCUT2D eigenvalue weighted by molar-refractivity contribution is 9.10. The topological polar surface area (TPSA) is 37.8 Å². The second kappa shape index (κ2) is 5.38. The monoisotopic (exact) mass is 321 g/mol. The largest absolute Gasteiger partial charge is 0.307 e. The van der Waals surface area contributed by atoms with Crippen LogP contribution in [-0.4, -0.2) is 9.97 Å². The summed E-state index contributed by atoms with van der Waals surface area (Å²) in [5.41, 5.74) is 2.37. The highest BCUT2D eigenvalue weighted by atomic mass is 79.9. The molecular formula is C13H12BrN3S. The molecule has 1 aromatic heterocycles. The van der Waals surface area contributed by atoms with E-state index in [4.69, 9.17) is 0 Å². The molecule has 0 spiro atoms. The Hall–Kier alpha value is -0.910. The molecule has 0 amide bonds. The molecule has 92 valence electrons. The third-order valence-corrected chi connectivity index (χ3v) is 4.83. The van der Waals surface area contributed by atoms with Crippen molar-refractivity contribution in [2.24, 2.45) is 0 Å². The highest BCUT2D eigenvalue weighted by Gasteiger charge is 2.12. The van der Waals surface area contributed by atoms with Gasteiger partial charge in [-0.2, -0.15) is 0 Å². The van der Waals surface area contributed by atoms with Gasteiger partial charge in [-0.15, -0.1) is 11.8 Å². The molecular weight excluding hydrogens is 310 g/mol. The molecule has 2 aromatic rings. The molecule has 3 nitrogen and oxygen atoms in total. The molecule has 0 saturated carbocycles. The van der Waals surface area contributed by atoms with Crippen molar-refractivity contribution in [2.45, 2.75) is 23.7 Å². The Bertz CT molecular complexity index is 574. The number of halogens is 1. The van der Waals surface area contributed by atoms with Gasteiger partial charge in [0.15, 0.2) is 0 Å². The number of nitrogens with zero attached hydrogens (tertiary/aromatic N) is 2. The molecule has 1 aromatic carbocycles. The van der Waals surface area contributed by atoms with Gasteiger partial charge in [0.05, 0.1) is 11.4 Å². The summed E-state index contributed by atoms with van der Waals surface area (Å²) in [6.07, 6.45) is 1.94. The molecule has 0 unspecified atom stereocenters. The Morgan fingerprint density at radius 2 is 2.17 bits per heavy atom. The van der Waals surface area contributed by atoms with E-state index in [0.717, 1.165) is 34.8 Å². The van der Waals surface area contributed by atoms with Crippen molar-refractivity contribution < 1.29 is 0 Å². The quantitative estimate of drug-likeness (QED) is 0.881. The van der Waals surface area contributed by atoms with Gasteiger partial charge in [0, 0.05) is 34.2 Å². The number of aromatic nitrogens is 2. The summed E-state index contributed by atoms with van der Waals surface area (Å²) >= 11 is 5.30. The van der Waals surface area contributed by atoms with Crippen LogP contribution in [0.4, 0.5) is 0 Å². The van der Waals surface area contributed by atoms with Gasteiger partial charge < -0.3 is 5.32 Å². The van der Waals surface area contributed by atoms with Gasteiger partial charge >= 0.3 is 0 Å². The molecule has 0 fully saturated rings. The van der Waals surface area contributed by atoms with Crippen molar-refractivity contribution in [3.05, 3.63) is 52.0 Å². The van der Waals surface area contributed by atoms with Crippen LogP contribution in [0.5, 0.6) is 0 Å². The van der Waals surface area contributed by atoms with Crippen molar-refractivity contribution in [1.82, 2.24) is 15.3 Å². The fraction of sp³-hybridized carbons (Fsp3) is 0.231. The van der Waals surface area contributed by atoms with Gasteiger partial charge in [-0.05, 0) is 28.1 Å². The third-order valence-electron chi connectivity index (χ3n) is 2.81. The summed E-state index contributed by atoms with van der Waals surface area (Å²) in [6, 6.07) is 8.21. The summed E-state index contributed by atoms with van der Waals surface area (Å²) in [7, 11) is 0. The lowest BCUT2D eigenvalue weighted by Crippen LogP contribution is -2.01. The fourth-order valence-corrected chi connectivity index (χ4v) is 3.31. The normalized spacial score (nSPS) is 13.6. The Morgan fingerprint density at radius 1 is 1.28 bits per heavy atom. The zero-order valence-corrected chi connectivity index (χ0v) is 12.1. The highest BCUT2D eigenvalue weighted by Crippen LogP contribution is 2.29. The lowest BCUT2D eigenvalue weighted by Gasteiger charge is -2.04. The van der Waals surface area contributed by atoms with Crippen molar-refractivity contribution in [3.8, 4) is 0 Å². The molecule has 0 atom stereocenters. The lowest BCUT2D eigenvalue weighted by molar-refractivity contribution is 0.756. The molecule has 18 heavy (non-hydrogen) atoms. The van der Waals surface area contributed by atoms with Crippen LogP contribution in [0.15, 0.2) is 39.8 Å². The Balaban J connectivity index is 1.72.